The molecular formula is C17H20N4O2. The van der Waals surface area contributed by atoms with Crippen LogP contribution in [-0.2, 0) is 11.3 Å². The van der Waals surface area contributed by atoms with Gasteiger partial charge in [-0.2, -0.15) is 5.10 Å². The van der Waals surface area contributed by atoms with Crippen LogP contribution < -0.4 is 10.9 Å². The van der Waals surface area contributed by atoms with Crippen LogP contribution in [0.4, 0.5) is 0 Å². The van der Waals surface area contributed by atoms with Crippen LogP contribution in [0.3, 0.4) is 0 Å². The van der Waals surface area contributed by atoms with Crippen molar-refractivity contribution in [3.63, 3.8) is 0 Å². The van der Waals surface area contributed by atoms with Crippen molar-refractivity contribution in [2.24, 2.45) is 5.92 Å². The normalized spacial score (nSPS) is 15.2. The lowest BCUT2D eigenvalue weighted by Crippen LogP contribution is -2.36. The van der Waals surface area contributed by atoms with Crippen molar-refractivity contribution in [3.05, 3.63) is 57.8 Å². The van der Waals surface area contributed by atoms with E-state index in [1.54, 1.807) is 13.0 Å². The highest BCUT2D eigenvalue weighted by atomic mass is 16.2. The minimum absolute atomic E-state index is 0.0739. The lowest BCUT2D eigenvalue weighted by atomic mass is 10.1. The van der Waals surface area contributed by atoms with Crippen molar-refractivity contribution < 1.29 is 4.79 Å². The Morgan fingerprint density at radius 2 is 2.04 bits per heavy atom. The van der Waals surface area contributed by atoms with Crippen LogP contribution in [0, 0.1) is 19.8 Å². The van der Waals surface area contributed by atoms with Gasteiger partial charge in [0.1, 0.15) is 6.54 Å². The highest BCUT2D eigenvalue weighted by Gasteiger charge is 2.34. The van der Waals surface area contributed by atoms with E-state index in [9.17, 15) is 9.59 Å². The van der Waals surface area contributed by atoms with Crippen LogP contribution in [0.1, 0.15) is 36.0 Å². The first-order valence-corrected chi connectivity index (χ1v) is 7.80. The van der Waals surface area contributed by atoms with E-state index in [4.69, 9.17) is 0 Å². The minimum Gasteiger partial charge on any atom is -0.346 e. The number of carbonyl (C=O) groups is 1. The molecule has 0 radical (unpaired) electrons. The van der Waals surface area contributed by atoms with Crippen molar-refractivity contribution in [3.8, 4) is 0 Å². The second-order valence-electron chi connectivity index (χ2n) is 6.06. The maximum atomic E-state index is 12.3. The number of rotatable bonds is 5. The zero-order valence-electron chi connectivity index (χ0n) is 13.3. The molecule has 0 aromatic carbocycles. The van der Waals surface area contributed by atoms with Crippen LogP contribution in [0.15, 0.2) is 35.1 Å². The molecule has 1 fully saturated rings. The summed E-state index contributed by atoms with van der Waals surface area (Å²) in [5.74, 6) is 0.209. The van der Waals surface area contributed by atoms with Gasteiger partial charge in [-0.05, 0) is 50.8 Å². The topological polar surface area (TPSA) is 76.9 Å². The van der Waals surface area contributed by atoms with Crippen LogP contribution in [0.2, 0.25) is 0 Å². The minimum atomic E-state index is -0.276. The maximum Gasteiger partial charge on any atom is 0.267 e. The molecule has 6 heteroatoms. The van der Waals surface area contributed by atoms with Gasteiger partial charge >= 0.3 is 0 Å². The molecule has 6 nitrogen and oxygen atoms in total. The Morgan fingerprint density at radius 3 is 2.74 bits per heavy atom. The van der Waals surface area contributed by atoms with Gasteiger partial charge in [-0.3, -0.25) is 14.6 Å². The van der Waals surface area contributed by atoms with Gasteiger partial charge < -0.3 is 5.32 Å². The second-order valence-corrected chi connectivity index (χ2v) is 6.06. The first kappa shape index (κ1) is 15.4. The van der Waals surface area contributed by atoms with E-state index in [0.29, 0.717) is 11.6 Å². The van der Waals surface area contributed by atoms with Gasteiger partial charge in [-0.15, -0.1) is 0 Å². The SMILES string of the molecule is Cc1cccc(C(NC(=O)Cn2nc(C)ccc2=O)C2CC2)n1. The fraction of sp³-hybridized carbons (Fsp3) is 0.412. The monoisotopic (exact) mass is 312 g/mol. The van der Waals surface area contributed by atoms with Gasteiger partial charge in [0.15, 0.2) is 0 Å². The summed E-state index contributed by atoms with van der Waals surface area (Å²) < 4.78 is 1.19. The molecule has 0 spiro atoms. The summed E-state index contributed by atoms with van der Waals surface area (Å²) in [4.78, 5) is 28.6. The summed E-state index contributed by atoms with van der Waals surface area (Å²) in [6.07, 6.45) is 2.17. The Morgan fingerprint density at radius 1 is 1.26 bits per heavy atom. The summed E-state index contributed by atoms with van der Waals surface area (Å²) in [6.45, 7) is 3.65. The van der Waals surface area contributed by atoms with E-state index in [2.05, 4.69) is 15.4 Å². The Kier molecular flexibility index (Phi) is 4.23. The average molecular weight is 312 g/mol. The number of hydrogen-bond acceptors (Lipinski definition) is 4. The van der Waals surface area contributed by atoms with E-state index in [1.165, 1.54) is 10.7 Å². The molecule has 2 aromatic rings. The van der Waals surface area contributed by atoms with Crippen LogP contribution in [0.5, 0.6) is 0 Å². The van der Waals surface area contributed by atoms with Crippen molar-refractivity contribution >= 4 is 5.91 Å². The highest BCUT2D eigenvalue weighted by Crippen LogP contribution is 2.40. The summed E-state index contributed by atoms with van der Waals surface area (Å²) in [6, 6.07) is 8.80. The zero-order chi connectivity index (χ0) is 16.4. The molecule has 0 bridgehead atoms. The van der Waals surface area contributed by atoms with Crippen LogP contribution >= 0.6 is 0 Å². The first-order valence-electron chi connectivity index (χ1n) is 7.80. The zero-order valence-corrected chi connectivity index (χ0v) is 13.3. The van der Waals surface area contributed by atoms with Gasteiger partial charge in [-0.25, -0.2) is 4.68 Å². The molecule has 1 atom stereocenters. The number of aryl methyl sites for hydroxylation is 2. The second kappa shape index (κ2) is 6.32. The molecule has 2 heterocycles. The standard InChI is InChI=1S/C17H20N4O2/c1-11-4-3-5-14(18-11)17(13-7-8-13)19-15(22)10-21-16(23)9-6-12(2)20-21/h3-6,9,13,17H,7-8,10H2,1-2H3,(H,19,22). The Balaban J connectivity index is 1.74. The molecule has 1 N–H and O–H groups in total. The average Bonchev–Trinajstić information content (AvgIpc) is 3.33. The molecular weight excluding hydrogens is 292 g/mol. The third-order valence-electron chi connectivity index (χ3n) is 3.93. The number of hydrogen-bond donors (Lipinski definition) is 1. The first-order chi connectivity index (χ1) is 11.0. The van der Waals surface area contributed by atoms with Crippen molar-refractivity contribution in [1.82, 2.24) is 20.1 Å². The summed E-state index contributed by atoms with van der Waals surface area (Å²) in [5, 5.41) is 7.11. The summed E-state index contributed by atoms with van der Waals surface area (Å²) in [5.41, 5.74) is 2.24. The van der Waals surface area contributed by atoms with Gasteiger partial charge in [0.25, 0.3) is 5.56 Å². The van der Waals surface area contributed by atoms with Crippen molar-refractivity contribution in [1.29, 1.82) is 0 Å². The molecule has 120 valence electrons. The molecule has 1 saturated carbocycles. The van der Waals surface area contributed by atoms with E-state index in [0.717, 1.165) is 24.2 Å². The van der Waals surface area contributed by atoms with E-state index >= 15 is 0 Å². The van der Waals surface area contributed by atoms with Crippen molar-refractivity contribution in [2.75, 3.05) is 0 Å². The van der Waals surface area contributed by atoms with E-state index < -0.39 is 0 Å². The number of pyridine rings is 1. The number of aromatic nitrogens is 3. The molecule has 0 saturated heterocycles. The third kappa shape index (κ3) is 3.83. The van der Waals surface area contributed by atoms with Gasteiger partial charge in [0, 0.05) is 11.8 Å². The molecule has 1 unspecified atom stereocenters. The molecule has 1 aliphatic rings. The number of carbonyl (C=O) groups excluding carboxylic acids is 1. The molecule has 2 aromatic heterocycles. The quantitative estimate of drug-likeness (QED) is 0.908. The highest BCUT2D eigenvalue weighted by molar-refractivity contribution is 5.76. The Bertz CT molecular complexity index is 780. The van der Waals surface area contributed by atoms with Gasteiger partial charge in [-0.1, -0.05) is 6.07 Å². The largest absolute Gasteiger partial charge is 0.346 e. The predicted molar refractivity (Wildman–Crippen MR) is 85.8 cm³/mol. The molecule has 1 aliphatic carbocycles. The Hall–Kier alpha value is -2.50. The maximum absolute atomic E-state index is 12.3. The third-order valence-corrected chi connectivity index (χ3v) is 3.93. The fourth-order valence-electron chi connectivity index (χ4n) is 2.62. The summed E-state index contributed by atoms with van der Waals surface area (Å²) in [7, 11) is 0. The molecule has 3 rings (SSSR count). The van der Waals surface area contributed by atoms with Crippen molar-refractivity contribution in [2.45, 2.75) is 39.3 Å². The summed E-state index contributed by atoms with van der Waals surface area (Å²) >= 11 is 0. The number of amides is 1. The van der Waals surface area contributed by atoms with Gasteiger partial charge in [0.2, 0.25) is 5.91 Å². The predicted octanol–water partition coefficient (Wildman–Crippen LogP) is 1.52. The van der Waals surface area contributed by atoms with Crippen LogP contribution in [0.25, 0.3) is 0 Å². The lowest BCUT2D eigenvalue weighted by Gasteiger charge is -2.18. The van der Waals surface area contributed by atoms with E-state index in [1.807, 2.05) is 25.1 Å². The smallest absolute Gasteiger partial charge is 0.267 e. The van der Waals surface area contributed by atoms with Crippen LogP contribution in [-0.4, -0.2) is 20.7 Å². The number of nitrogens with one attached hydrogen (secondary N) is 1. The molecule has 1 amide bonds. The Labute approximate surface area is 134 Å². The molecule has 0 aliphatic heterocycles. The number of nitrogens with zero attached hydrogens (tertiary/aromatic N) is 3. The fourth-order valence-corrected chi connectivity index (χ4v) is 2.62. The molecule has 23 heavy (non-hydrogen) atoms. The lowest BCUT2D eigenvalue weighted by molar-refractivity contribution is -0.122. The van der Waals surface area contributed by atoms with Gasteiger partial charge in [0.05, 0.1) is 17.4 Å². The van der Waals surface area contributed by atoms with E-state index in [-0.39, 0.29) is 24.1 Å².